The van der Waals surface area contributed by atoms with E-state index in [1.807, 2.05) is 18.2 Å². The summed E-state index contributed by atoms with van der Waals surface area (Å²) in [7, 11) is -2.93. The lowest BCUT2D eigenvalue weighted by molar-refractivity contribution is 0.510. The summed E-state index contributed by atoms with van der Waals surface area (Å²) in [5.74, 6) is 0. The van der Waals surface area contributed by atoms with Crippen LogP contribution >= 0.6 is 15.9 Å². The molecule has 2 rings (SSSR count). The normalized spacial score (nSPS) is 23.7. The highest BCUT2D eigenvalue weighted by molar-refractivity contribution is 9.10. The molecule has 0 saturated heterocycles. The van der Waals surface area contributed by atoms with Gasteiger partial charge in [-0.1, -0.05) is 40.5 Å². The number of benzene rings is 1. The lowest BCUT2D eigenvalue weighted by Gasteiger charge is -2.19. The van der Waals surface area contributed by atoms with Gasteiger partial charge >= 0.3 is 0 Å². The van der Waals surface area contributed by atoms with Crippen LogP contribution in [0.3, 0.4) is 0 Å². The number of hydrogen-bond acceptors (Lipinski definition) is 3. The Kier molecular flexibility index (Phi) is 5.03. The highest BCUT2D eigenvalue weighted by atomic mass is 79.9. The molecule has 0 amide bonds. The van der Waals surface area contributed by atoms with Gasteiger partial charge in [0.15, 0.2) is 9.84 Å². The smallest absolute Gasteiger partial charge is 0.151 e. The second kappa shape index (κ2) is 6.37. The van der Waals surface area contributed by atoms with Crippen LogP contribution in [0.4, 0.5) is 0 Å². The van der Waals surface area contributed by atoms with E-state index in [1.54, 1.807) is 0 Å². The number of hydrogen-bond donors (Lipinski definition) is 1. The van der Waals surface area contributed by atoms with Gasteiger partial charge in [-0.3, -0.25) is 0 Å². The quantitative estimate of drug-likeness (QED) is 0.891. The van der Waals surface area contributed by atoms with Gasteiger partial charge in [0.2, 0.25) is 0 Å². The SMILES string of the molecule is CS(=O)(=O)[C@H]1CCC[C@@H]1NCCc1ccccc1Br. The molecule has 2 atom stereocenters. The molecule has 1 N–H and O–H groups in total. The van der Waals surface area contributed by atoms with Crippen molar-refractivity contribution in [3.05, 3.63) is 34.3 Å². The van der Waals surface area contributed by atoms with E-state index in [4.69, 9.17) is 0 Å². The third-order valence-corrected chi connectivity index (χ3v) is 6.20. The number of rotatable bonds is 5. The van der Waals surface area contributed by atoms with Gasteiger partial charge in [-0.05, 0) is 37.4 Å². The van der Waals surface area contributed by atoms with Crippen molar-refractivity contribution in [2.75, 3.05) is 12.8 Å². The fourth-order valence-electron chi connectivity index (χ4n) is 2.77. The minimum Gasteiger partial charge on any atom is -0.312 e. The predicted octanol–water partition coefficient (Wildman–Crippen LogP) is 2.55. The molecule has 0 aromatic heterocycles. The van der Waals surface area contributed by atoms with E-state index < -0.39 is 9.84 Å². The lowest BCUT2D eigenvalue weighted by Crippen LogP contribution is -2.40. The number of halogens is 1. The molecule has 0 bridgehead atoms. The monoisotopic (exact) mass is 345 g/mol. The Bertz CT molecular complexity index is 530. The van der Waals surface area contributed by atoms with Crippen molar-refractivity contribution in [2.45, 2.75) is 37.0 Å². The van der Waals surface area contributed by atoms with E-state index in [2.05, 4.69) is 27.3 Å². The topological polar surface area (TPSA) is 46.2 Å². The molecule has 0 radical (unpaired) electrons. The fourth-order valence-corrected chi connectivity index (χ4v) is 4.67. The lowest BCUT2D eigenvalue weighted by atomic mass is 10.1. The molecule has 1 saturated carbocycles. The maximum absolute atomic E-state index is 11.7. The van der Waals surface area contributed by atoms with Crippen LogP contribution < -0.4 is 5.32 Å². The summed E-state index contributed by atoms with van der Waals surface area (Å²) >= 11 is 3.53. The van der Waals surface area contributed by atoms with Crippen LogP contribution in [0.15, 0.2) is 28.7 Å². The van der Waals surface area contributed by atoms with E-state index >= 15 is 0 Å². The third-order valence-electron chi connectivity index (χ3n) is 3.76. The van der Waals surface area contributed by atoms with Crippen molar-refractivity contribution in [1.82, 2.24) is 5.32 Å². The highest BCUT2D eigenvalue weighted by Gasteiger charge is 2.34. The summed E-state index contributed by atoms with van der Waals surface area (Å²) in [5, 5.41) is 3.21. The summed E-state index contributed by atoms with van der Waals surface area (Å²) in [6, 6.07) is 8.27. The molecule has 19 heavy (non-hydrogen) atoms. The van der Waals surface area contributed by atoms with Gasteiger partial charge in [0, 0.05) is 16.8 Å². The molecule has 1 fully saturated rings. The van der Waals surface area contributed by atoms with E-state index in [0.29, 0.717) is 0 Å². The Labute approximate surface area is 123 Å². The van der Waals surface area contributed by atoms with Crippen LogP contribution in [-0.2, 0) is 16.3 Å². The van der Waals surface area contributed by atoms with Gasteiger partial charge in [0.05, 0.1) is 5.25 Å². The molecule has 1 aromatic rings. The van der Waals surface area contributed by atoms with Crippen molar-refractivity contribution in [3.8, 4) is 0 Å². The van der Waals surface area contributed by atoms with Gasteiger partial charge in [0.25, 0.3) is 0 Å². The number of nitrogens with one attached hydrogen (secondary N) is 1. The van der Waals surface area contributed by atoms with Crippen molar-refractivity contribution < 1.29 is 8.42 Å². The molecule has 3 nitrogen and oxygen atoms in total. The van der Waals surface area contributed by atoms with Gasteiger partial charge < -0.3 is 5.32 Å². The molecular formula is C14H20BrNO2S. The zero-order valence-corrected chi connectivity index (χ0v) is 13.5. The first-order chi connectivity index (χ1) is 8.98. The first kappa shape index (κ1) is 15.0. The summed E-state index contributed by atoms with van der Waals surface area (Å²) in [5.41, 5.74) is 1.25. The van der Waals surface area contributed by atoms with Gasteiger partial charge in [0.1, 0.15) is 0 Å². The van der Waals surface area contributed by atoms with Crippen LogP contribution in [-0.4, -0.2) is 32.5 Å². The molecule has 1 aliphatic carbocycles. The predicted molar refractivity (Wildman–Crippen MR) is 82.1 cm³/mol. The van der Waals surface area contributed by atoms with Gasteiger partial charge in [-0.2, -0.15) is 0 Å². The first-order valence-corrected chi connectivity index (χ1v) is 9.39. The summed E-state index contributed by atoms with van der Waals surface area (Å²) in [6.07, 6.45) is 5.03. The maximum Gasteiger partial charge on any atom is 0.151 e. The summed E-state index contributed by atoms with van der Waals surface area (Å²) < 4.78 is 24.5. The van der Waals surface area contributed by atoms with Crippen LogP contribution in [0.1, 0.15) is 24.8 Å². The fraction of sp³-hybridized carbons (Fsp3) is 0.571. The average Bonchev–Trinajstić information content (AvgIpc) is 2.80. The van der Waals surface area contributed by atoms with Crippen molar-refractivity contribution in [2.24, 2.45) is 0 Å². The second-order valence-corrected chi connectivity index (χ2v) is 8.32. The molecule has 1 aromatic carbocycles. The average molecular weight is 346 g/mol. The van der Waals surface area contributed by atoms with E-state index in [0.717, 1.165) is 36.7 Å². The highest BCUT2D eigenvalue weighted by Crippen LogP contribution is 2.25. The molecule has 0 heterocycles. The zero-order chi connectivity index (χ0) is 13.9. The van der Waals surface area contributed by atoms with E-state index in [9.17, 15) is 8.42 Å². The molecule has 106 valence electrons. The molecular weight excluding hydrogens is 326 g/mol. The standard InChI is InChI=1S/C14H20BrNO2S/c1-19(17,18)14-8-4-7-13(14)16-10-9-11-5-2-3-6-12(11)15/h2-3,5-6,13-14,16H,4,7-10H2,1H3/t13-,14-/m0/s1. The summed E-state index contributed by atoms with van der Waals surface area (Å²) in [6.45, 7) is 0.819. The van der Waals surface area contributed by atoms with Crippen LogP contribution in [0.2, 0.25) is 0 Å². The largest absolute Gasteiger partial charge is 0.312 e. The Morgan fingerprint density at radius 3 is 2.74 bits per heavy atom. The molecule has 0 unspecified atom stereocenters. The Hall–Kier alpha value is -0.390. The van der Waals surface area contributed by atoms with Crippen LogP contribution in [0.5, 0.6) is 0 Å². The Morgan fingerprint density at radius 1 is 1.32 bits per heavy atom. The summed E-state index contributed by atoms with van der Waals surface area (Å²) in [4.78, 5) is 0. The van der Waals surface area contributed by atoms with E-state index in [1.165, 1.54) is 11.8 Å². The minimum absolute atomic E-state index is 0.123. The molecule has 0 aliphatic heterocycles. The second-order valence-electron chi connectivity index (χ2n) is 5.20. The van der Waals surface area contributed by atoms with E-state index in [-0.39, 0.29) is 11.3 Å². The third kappa shape index (κ3) is 4.04. The van der Waals surface area contributed by atoms with Crippen LogP contribution in [0, 0.1) is 0 Å². The van der Waals surface area contributed by atoms with Gasteiger partial charge in [-0.25, -0.2) is 8.42 Å². The Morgan fingerprint density at radius 2 is 2.05 bits per heavy atom. The molecule has 1 aliphatic rings. The number of sulfone groups is 1. The van der Waals surface area contributed by atoms with Crippen molar-refractivity contribution in [1.29, 1.82) is 0 Å². The first-order valence-electron chi connectivity index (χ1n) is 6.64. The molecule has 0 spiro atoms. The maximum atomic E-state index is 11.7. The van der Waals surface area contributed by atoms with Crippen molar-refractivity contribution >= 4 is 25.8 Å². The Balaban J connectivity index is 1.88. The van der Waals surface area contributed by atoms with Gasteiger partial charge in [-0.15, -0.1) is 0 Å². The zero-order valence-electron chi connectivity index (χ0n) is 11.1. The van der Waals surface area contributed by atoms with Crippen molar-refractivity contribution in [3.63, 3.8) is 0 Å². The molecule has 5 heteroatoms. The minimum atomic E-state index is -2.93. The van der Waals surface area contributed by atoms with Crippen LogP contribution in [0.25, 0.3) is 0 Å².